The first kappa shape index (κ1) is 22.7. The molecule has 32 heavy (non-hydrogen) atoms. The average Bonchev–Trinajstić information content (AvgIpc) is 2.82. The number of nitrogens with zero attached hydrogens (tertiary/aromatic N) is 1. The Morgan fingerprint density at radius 1 is 1.22 bits per heavy atom. The molecule has 3 rings (SSSR count). The molecule has 1 aliphatic rings. The van der Waals surface area contributed by atoms with E-state index in [1.165, 1.54) is 6.08 Å². The van der Waals surface area contributed by atoms with Crippen LogP contribution >= 0.6 is 12.2 Å². The van der Waals surface area contributed by atoms with Crippen molar-refractivity contribution in [2.45, 2.75) is 13.5 Å². The molecule has 0 saturated heterocycles. The van der Waals surface area contributed by atoms with Crippen LogP contribution in [-0.2, 0) is 16.1 Å². The molecule has 0 aliphatic heterocycles. The Bertz CT molecular complexity index is 1200. The Hall–Kier alpha value is -3.95. The third-order valence-electron chi connectivity index (χ3n) is 4.79. The lowest BCUT2D eigenvalue weighted by atomic mass is 9.90. The zero-order chi connectivity index (χ0) is 23.1. The predicted molar refractivity (Wildman–Crippen MR) is 129 cm³/mol. The number of amides is 1. The number of hydrogen-bond donors (Lipinski definition) is 2. The van der Waals surface area contributed by atoms with Crippen molar-refractivity contribution in [1.82, 2.24) is 5.32 Å². The molecule has 0 saturated carbocycles. The van der Waals surface area contributed by atoms with Crippen molar-refractivity contribution >= 4 is 34.6 Å². The van der Waals surface area contributed by atoms with E-state index < -0.39 is 5.91 Å². The minimum Gasteiger partial charge on any atom is -0.504 e. The minimum absolute atomic E-state index is 0.0297. The molecule has 1 aliphatic carbocycles. The molecule has 0 fully saturated rings. The van der Waals surface area contributed by atoms with Crippen molar-refractivity contribution in [2.24, 2.45) is 0 Å². The third-order valence-corrected chi connectivity index (χ3v) is 5.19. The van der Waals surface area contributed by atoms with Gasteiger partial charge in [0.2, 0.25) is 0 Å². The van der Waals surface area contributed by atoms with Crippen molar-refractivity contribution in [3.63, 3.8) is 0 Å². The Morgan fingerprint density at radius 2 is 1.91 bits per heavy atom. The highest BCUT2D eigenvalue weighted by Gasteiger charge is 2.25. The van der Waals surface area contributed by atoms with Gasteiger partial charge in [0, 0.05) is 17.7 Å². The summed E-state index contributed by atoms with van der Waals surface area (Å²) in [5, 5.41) is 22.7. The third kappa shape index (κ3) is 5.02. The summed E-state index contributed by atoms with van der Waals surface area (Å²) in [5.74, 6) is -0.361. The van der Waals surface area contributed by atoms with Gasteiger partial charge in [0.1, 0.15) is 11.6 Å². The average molecular weight is 443 g/mol. The smallest absolute Gasteiger partial charge is 0.262 e. The maximum atomic E-state index is 12.6. The molecular weight excluding hydrogens is 420 g/mol. The van der Waals surface area contributed by atoms with Gasteiger partial charge in [-0.2, -0.15) is 5.26 Å². The van der Waals surface area contributed by atoms with E-state index in [9.17, 15) is 15.2 Å². The first-order chi connectivity index (χ1) is 15.5. The highest BCUT2D eigenvalue weighted by molar-refractivity contribution is 7.82. The molecule has 2 aromatic rings. The van der Waals surface area contributed by atoms with E-state index in [2.05, 4.69) is 11.9 Å². The summed E-state index contributed by atoms with van der Waals surface area (Å²) in [4.78, 5) is 13.0. The monoisotopic (exact) mass is 442 g/mol. The van der Waals surface area contributed by atoms with E-state index in [0.717, 1.165) is 5.56 Å². The molecule has 5 nitrogen and oxygen atoms in total. The molecule has 0 unspecified atom stereocenters. The molecule has 1 amide bonds. The van der Waals surface area contributed by atoms with Crippen LogP contribution in [-0.4, -0.2) is 22.5 Å². The highest BCUT2D eigenvalue weighted by atomic mass is 32.1. The number of hydrogen-bond acceptors (Lipinski definition) is 5. The maximum absolute atomic E-state index is 12.6. The minimum atomic E-state index is -0.469. The molecular formula is C26H22N2O3S. The molecule has 2 N–H and O–H groups in total. The summed E-state index contributed by atoms with van der Waals surface area (Å²) < 4.78 is 5.54. The number of ether oxygens (including phenoxy) is 1. The van der Waals surface area contributed by atoms with Crippen LogP contribution in [0.1, 0.15) is 23.6 Å². The van der Waals surface area contributed by atoms with E-state index >= 15 is 0 Å². The van der Waals surface area contributed by atoms with Crippen molar-refractivity contribution < 1.29 is 14.6 Å². The quantitative estimate of drug-likeness (QED) is 0.357. The number of rotatable bonds is 7. The lowest BCUT2D eigenvalue weighted by Crippen LogP contribution is -2.24. The van der Waals surface area contributed by atoms with Gasteiger partial charge < -0.3 is 15.2 Å². The van der Waals surface area contributed by atoms with Crippen LogP contribution in [0.25, 0.3) is 11.6 Å². The predicted octanol–water partition coefficient (Wildman–Crippen LogP) is 5.04. The van der Waals surface area contributed by atoms with Crippen LogP contribution in [0.4, 0.5) is 0 Å². The van der Waals surface area contributed by atoms with Crippen LogP contribution in [0.15, 0.2) is 89.9 Å². The van der Waals surface area contributed by atoms with Crippen molar-refractivity contribution in [1.29, 1.82) is 5.26 Å². The number of aliphatic hydroxyl groups is 1. The second kappa shape index (κ2) is 10.4. The van der Waals surface area contributed by atoms with E-state index in [0.29, 0.717) is 40.3 Å². The van der Waals surface area contributed by atoms with Crippen LogP contribution in [0.2, 0.25) is 0 Å². The van der Waals surface area contributed by atoms with Crippen molar-refractivity contribution in [3.8, 4) is 6.07 Å². The molecule has 0 heterocycles. The van der Waals surface area contributed by atoms with Gasteiger partial charge in [-0.3, -0.25) is 4.79 Å². The lowest BCUT2D eigenvalue weighted by Gasteiger charge is -2.21. The first-order valence-electron chi connectivity index (χ1n) is 10.0. The number of benzene rings is 2. The number of carbonyl (C=O) groups is 1. The Labute approximate surface area is 192 Å². The Morgan fingerprint density at radius 3 is 2.59 bits per heavy atom. The van der Waals surface area contributed by atoms with E-state index in [1.54, 1.807) is 19.1 Å². The number of thiocarbonyl (C=S) groups is 1. The van der Waals surface area contributed by atoms with E-state index in [-0.39, 0.29) is 17.1 Å². The molecule has 0 radical (unpaired) electrons. The Balaban J connectivity index is 1.92. The number of allylic oxidation sites excluding steroid dienone is 2. The number of aliphatic hydroxyl groups excluding tert-OH is 1. The molecule has 0 bridgehead atoms. The van der Waals surface area contributed by atoms with E-state index in [4.69, 9.17) is 17.0 Å². The second-order valence-electron chi connectivity index (χ2n) is 6.95. The number of nitrogens with one attached hydrogen (secondary N) is 1. The fourth-order valence-electron chi connectivity index (χ4n) is 3.21. The fourth-order valence-corrected chi connectivity index (χ4v) is 3.53. The standard InChI is InChI=1S/C26H22N2O3S/c1-3-31-24-23(29)17(2)13-22(25(24)32)21-12-8-7-11-19(21)14-20(15-27)26(30)28-16-18-9-5-4-6-10-18/h4-14,29H,2-3,16H2,1H3,(H,28,30). The summed E-state index contributed by atoms with van der Waals surface area (Å²) in [6, 6.07) is 18.7. The van der Waals surface area contributed by atoms with Crippen LogP contribution < -0.4 is 5.32 Å². The van der Waals surface area contributed by atoms with Crippen LogP contribution in [0, 0.1) is 11.3 Å². The van der Waals surface area contributed by atoms with Gasteiger partial charge in [0.15, 0.2) is 11.5 Å². The fraction of sp³-hybridized carbons (Fsp3) is 0.115. The van der Waals surface area contributed by atoms with Gasteiger partial charge in [0.25, 0.3) is 5.91 Å². The Kier molecular flexibility index (Phi) is 7.37. The van der Waals surface area contributed by atoms with Gasteiger partial charge in [-0.15, -0.1) is 0 Å². The van der Waals surface area contributed by atoms with Crippen LogP contribution in [0.3, 0.4) is 0 Å². The summed E-state index contributed by atoms with van der Waals surface area (Å²) >= 11 is 5.56. The highest BCUT2D eigenvalue weighted by Crippen LogP contribution is 2.33. The number of nitriles is 1. The van der Waals surface area contributed by atoms with Gasteiger partial charge in [0.05, 0.1) is 11.5 Å². The first-order valence-corrected chi connectivity index (χ1v) is 10.4. The van der Waals surface area contributed by atoms with Gasteiger partial charge in [-0.05, 0) is 35.8 Å². The van der Waals surface area contributed by atoms with Crippen LogP contribution in [0.5, 0.6) is 0 Å². The molecule has 2 aromatic carbocycles. The van der Waals surface area contributed by atoms with Gasteiger partial charge in [-0.25, -0.2) is 0 Å². The molecule has 0 atom stereocenters. The topological polar surface area (TPSA) is 82.4 Å². The second-order valence-corrected chi connectivity index (χ2v) is 7.36. The molecule has 0 aromatic heterocycles. The maximum Gasteiger partial charge on any atom is 0.262 e. The van der Waals surface area contributed by atoms with Gasteiger partial charge in [-0.1, -0.05) is 73.4 Å². The molecule has 160 valence electrons. The van der Waals surface area contributed by atoms with Gasteiger partial charge >= 0.3 is 0 Å². The van der Waals surface area contributed by atoms with Crippen molar-refractivity contribution in [2.75, 3.05) is 6.61 Å². The summed E-state index contributed by atoms with van der Waals surface area (Å²) in [5.41, 5.74) is 3.24. The largest absolute Gasteiger partial charge is 0.504 e. The normalized spacial score (nSPS) is 14.0. The molecule has 6 heteroatoms. The lowest BCUT2D eigenvalue weighted by molar-refractivity contribution is -0.117. The van der Waals surface area contributed by atoms with Crippen molar-refractivity contribution in [3.05, 3.63) is 107 Å². The molecule has 0 spiro atoms. The summed E-state index contributed by atoms with van der Waals surface area (Å²) in [6.45, 7) is 6.32. The summed E-state index contributed by atoms with van der Waals surface area (Å²) in [7, 11) is 0. The SMILES string of the molecule is C=C1C=C(c2ccccc2C=C(C#N)C(=O)NCc2ccccc2)C(=S)C(OCC)=C1O. The zero-order valence-electron chi connectivity index (χ0n) is 17.6. The van der Waals surface area contributed by atoms with E-state index in [1.807, 2.05) is 54.6 Å². The summed E-state index contributed by atoms with van der Waals surface area (Å²) in [6.07, 6.45) is 3.20. The zero-order valence-corrected chi connectivity index (χ0v) is 18.4. The number of carbonyl (C=O) groups excluding carboxylic acids is 1.